The summed E-state index contributed by atoms with van der Waals surface area (Å²) in [5, 5.41) is 38.2. The van der Waals surface area contributed by atoms with Crippen molar-refractivity contribution < 1.29 is 18.1 Å². The fourth-order valence-electron chi connectivity index (χ4n) is 4.89. The van der Waals surface area contributed by atoms with Gasteiger partial charge in [-0.3, -0.25) is 0 Å². The first-order valence-electron chi connectivity index (χ1n) is 9.75. The van der Waals surface area contributed by atoms with Crippen LogP contribution < -0.4 is 4.90 Å². The molecule has 1 aromatic carbocycles. The maximum Gasteiger partial charge on any atom is 0.416 e. The van der Waals surface area contributed by atoms with Gasteiger partial charge in [-0.1, -0.05) is 25.1 Å². The Bertz CT molecular complexity index is 991. The van der Waals surface area contributed by atoms with Crippen molar-refractivity contribution in [3.63, 3.8) is 0 Å². The van der Waals surface area contributed by atoms with Crippen molar-refractivity contribution in [2.24, 2.45) is 17.3 Å². The highest BCUT2D eigenvalue weighted by molar-refractivity contribution is 6.00. The molecule has 30 heavy (non-hydrogen) atoms. The average Bonchev–Trinajstić information content (AvgIpc) is 2.73. The molecule has 1 heterocycles. The molecule has 1 aliphatic carbocycles. The molecule has 2 N–H and O–H groups in total. The van der Waals surface area contributed by atoms with Crippen LogP contribution in [0.25, 0.3) is 0 Å². The number of benzene rings is 1. The first-order valence-corrected chi connectivity index (χ1v) is 9.75. The van der Waals surface area contributed by atoms with E-state index < -0.39 is 40.6 Å². The third-order valence-electron chi connectivity index (χ3n) is 6.17. The Balaban J connectivity index is 2.30. The van der Waals surface area contributed by atoms with E-state index in [1.807, 2.05) is 31.2 Å². The van der Waals surface area contributed by atoms with Gasteiger partial charge in [0.15, 0.2) is 5.41 Å². The van der Waals surface area contributed by atoms with Crippen LogP contribution in [0.2, 0.25) is 0 Å². The van der Waals surface area contributed by atoms with Crippen molar-refractivity contribution in [3.05, 3.63) is 47.0 Å². The Kier molecular flexibility index (Phi) is 5.70. The maximum absolute atomic E-state index is 13.8. The third-order valence-corrected chi connectivity index (χ3v) is 6.17. The molecule has 1 saturated carbocycles. The van der Waals surface area contributed by atoms with Gasteiger partial charge in [0, 0.05) is 11.8 Å². The molecule has 2 unspecified atom stereocenters. The van der Waals surface area contributed by atoms with Crippen molar-refractivity contribution in [3.8, 4) is 18.2 Å². The quantitative estimate of drug-likeness (QED) is 0.747. The number of hydrogen-bond donors (Lipinski definition) is 2. The minimum absolute atomic E-state index is 0.164. The Hall–Kier alpha value is -3.15. The lowest BCUT2D eigenvalue weighted by molar-refractivity contribution is -0.899. The second kappa shape index (κ2) is 7.94. The highest BCUT2D eigenvalue weighted by Gasteiger charge is 2.59. The zero-order valence-electron chi connectivity index (χ0n) is 16.4. The van der Waals surface area contributed by atoms with E-state index in [-0.39, 0.29) is 5.56 Å². The topological polar surface area (TPSA) is 99.7 Å². The molecule has 3 rings (SSSR count). The van der Waals surface area contributed by atoms with E-state index in [1.165, 1.54) is 18.2 Å². The van der Waals surface area contributed by atoms with E-state index in [2.05, 4.69) is 0 Å². The Morgan fingerprint density at radius 1 is 1.20 bits per heavy atom. The van der Waals surface area contributed by atoms with Crippen LogP contribution in [0.5, 0.6) is 0 Å². The smallest absolute Gasteiger partial charge is 0.331 e. The second-order valence-electron chi connectivity index (χ2n) is 7.79. The molecule has 1 fully saturated rings. The van der Waals surface area contributed by atoms with Gasteiger partial charge in [0.25, 0.3) is 0 Å². The van der Waals surface area contributed by atoms with Crippen molar-refractivity contribution in [1.29, 1.82) is 21.2 Å². The van der Waals surface area contributed by atoms with E-state index in [4.69, 9.17) is 5.41 Å². The molecule has 154 valence electrons. The van der Waals surface area contributed by atoms with E-state index in [1.54, 1.807) is 0 Å². The fourth-order valence-corrected chi connectivity index (χ4v) is 4.89. The Morgan fingerprint density at radius 3 is 2.43 bits per heavy atom. The summed E-state index contributed by atoms with van der Waals surface area (Å²) >= 11 is 0. The summed E-state index contributed by atoms with van der Waals surface area (Å²) in [5.41, 5.74) is -3.08. The summed E-state index contributed by atoms with van der Waals surface area (Å²) in [4.78, 5) is 1.12. The number of fused-ring (bicyclic) bond motifs is 1. The zero-order valence-corrected chi connectivity index (χ0v) is 16.4. The molecular formula is C22H21F3N5+. The van der Waals surface area contributed by atoms with Crippen LogP contribution in [0, 0.1) is 56.7 Å². The second-order valence-corrected chi connectivity index (χ2v) is 7.79. The van der Waals surface area contributed by atoms with E-state index >= 15 is 0 Å². The van der Waals surface area contributed by atoms with Crippen LogP contribution in [-0.2, 0) is 6.18 Å². The predicted octanol–water partition coefficient (Wildman–Crippen LogP) is 2.85. The van der Waals surface area contributed by atoms with Gasteiger partial charge in [0.1, 0.15) is 5.92 Å². The zero-order chi connectivity index (χ0) is 22.1. The molecule has 2 aliphatic rings. The highest BCUT2D eigenvalue weighted by Crippen LogP contribution is 2.54. The molecule has 0 amide bonds. The number of alkyl halides is 3. The first kappa shape index (κ1) is 21.6. The lowest BCUT2D eigenvalue weighted by atomic mass is 9.54. The number of nitriles is 3. The van der Waals surface area contributed by atoms with Crippen LogP contribution in [0.15, 0.2) is 35.9 Å². The van der Waals surface area contributed by atoms with Crippen LogP contribution >= 0.6 is 0 Å². The molecule has 5 nitrogen and oxygen atoms in total. The monoisotopic (exact) mass is 412 g/mol. The molecule has 1 aromatic rings. The summed E-state index contributed by atoms with van der Waals surface area (Å²) in [6.45, 7) is 3.80. The highest BCUT2D eigenvalue weighted by atomic mass is 19.4. The number of rotatable bonds is 3. The molecule has 0 saturated heterocycles. The van der Waals surface area contributed by atoms with Crippen molar-refractivity contribution in [2.45, 2.75) is 25.4 Å². The van der Waals surface area contributed by atoms with Gasteiger partial charge in [0.2, 0.25) is 0 Å². The normalized spacial score (nSPS) is 27.8. The van der Waals surface area contributed by atoms with Crippen molar-refractivity contribution in [1.82, 2.24) is 0 Å². The standard InChI is InChI=1S/C22H20F3N5/c1-2-8-30-9-7-14-16(10-26)20(29)21(12-27,13-28)19(17(14)11-30)15-5-3-4-6-18(15)22(23,24)25/h3-7,16-17,19,29H,2,8-9,11H2,1H3/p+1/t16?,17-,19-/m0/s1. The minimum atomic E-state index is -4.67. The summed E-state index contributed by atoms with van der Waals surface area (Å²) in [7, 11) is 0. The van der Waals surface area contributed by atoms with Gasteiger partial charge in [-0.25, -0.2) is 0 Å². The largest absolute Gasteiger partial charge is 0.416 e. The van der Waals surface area contributed by atoms with Gasteiger partial charge in [-0.05, 0) is 29.7 Å². The summed E-state index contributed by atoms with van der Waals surface area (Å²) in [5.74, 6) is -2.87. The van der Waals surface area contributed by atoms with Crippen molar-refractivity contribution in [2.75, 3.05) is 19.6 Å². The third kappa shape index (κ3) is 3.26. The summed E-state index contributed by atoms with van der Waals surface area (Å²) in [6.07, 6.45) is -1.98. The number of nitrogens with one attached hydrogen (secondary N) is 2. The number of halogens is 3. The molecule has 1 aliphatic heterocycles. The number of nitrogens with zero attached hydrogens (tertiary/aromatic N) is 3. The van der Waals surface area contributed by atoms with E-state index in [0.717, 1.165) is 23.9 Å². The molecule has 0 aromatic heterocycles. The van der Waals surface area contributed by atoms with Crippen molar-refractivity contribution >= 4 is 5.71 Å². The molecule has 0 spiro atoms. The Morgan fingerprint density at radius 2 is 1.87 bits per heavy atom. The molecule has 4 atom stereocenters. The van der Waals surface area contributed by atoms with Crippen LogP contribution in [0.4, 0.5) is 13.2 Å². The Labute approximate surface area is 173 Å². The average molecular weight is 412 g/mol. The molecule has 0 radical (unpaired) electrons. The summed E-state index contributed by atoms with van der Waals surface area (Å²) in [6, 6.07) is 10.7. The number of quaternary nitrogens is 1. The van der Waals surface area contributed by atoms with Gasteiger partial charge < -0.3 is 10.3 Å². The summed E-state index contributed by atoms with van der Waals surface area (Å²) < 4.78 is 41.5. The van der Waals surface area contributed by atoms with Gasteiger partial charge in [-0.15, -0.1) is 0 Å². The van der Waals surface area contributed by atoms with Crippen LogP contribution in [-0.4, -0.2) is 25.3 Å². The fraction of sp³-hybridized carbons (Fsp3) is 0.455. The lowest BCUT2D eigenvalue weighted by Gasteiger charge is -2.46. The minimum Gasteiger partial charge on any atom is -0.331 e. The van der Waals surface area contributed by atoms with Gasteiger partial charge in [0.05, 0.1) is 49.1 Å². The van der Waals surface area contributed by atoms with E-state index in [0.29, 0.717) is 18.7 Å². The first-order chi connectivity index (χ1) is 14.2. The maximum atomic E-state index is 13.8. The molecule has 8 heteroatoms. The SMILES string of the molecule is CCC[NH+]1CC=C2C(C#N)C(=N)C(C#N)(C#N)[C@@H](c3ccccc3C(F)(F)F)[C@H]2C1. The lowest BCUT2D eigenvalue weighted by Crippen LogP contribution is -3.13. The van der Waals surface area contributed by atoms with E-state index in [9.17, 15) is 29.0 Å². The van der Waals surface area contributed by atoms with Crippen LogP contribution in [0.3, 0.4) is 0 Å². The molecule has 0 bridgehead atoms. The van der Waals surface area contributed by atoms with Crippen LogP contribution in [0.1, 0.15) is 30.4 Å². The van der Waals surface area contributed by atoms with Gasteiger partial charge in [-0.2, -0.15) is 29.0 Å². The van der Waals surface area contributed by atoms with Gasteiger partial charge >= 0.3 is 6.18 Å². The number of hydrogen-bond acceptors (Lipinski definition) is 4. The predicted molar refractivity (Wildman–Crippen MR) is 102 cm³/mol. The molecular weight excluding hydrogens is 391 g/mol.